The first-order valence-corrected chi connectivity index (χ1v) is 10.7. The molecule has 1 amide bonds. The van der Waals surface area contributed by atoms with Crippen molar-refractivity contribution in [3.8, 4) is 5.75 Å². The Bertz CT molecular complexity index is 1170. The number of rotatable bonds is 7. The summed E-state index contributed by atoms with van der Waals surface area (Å²) in [6.07, 6.45) is 0. The highest BCUT2D eigenvalue weighted by atomic mass is 35.5. The molecule has 10 heteroatoms. The van der Waals surface area contributed by atoms with Crippen LogP contribution in [0, 0.1) is 11.6 Å². The fourth-order valence-corrected chi connectivity index (χ4v) is 4.27. The lowest BCUT2D eigenvalue weighted by atomic mass is 10.3. The van der Waals surface area contributed by atoms with Gasteiger partial charge in [-0.2, -0.15) is 0 Å². The number of para-hydroxylation sites is 1. The molecule has 0 aliphatic rings. The number of carbonyl (C=O) groups is 1. The first-order valence-electron chi connectivity index (χ1n) is 8.88. The Hall–Kier alpha value is -3.17. The van der Waals surface area contributed by atoms with Crippen LogP contribution < -0.4 is 14.4 Å². The Morgan fingerprint density at radius 2 is 1.58 bits per heavy atom. The van der Waals surface area contributed by atoms with E-state index >= 15 is 0 Å². The van der Waals surface area contributed by atoms with E-state index in [0.717, 1.165) is 22.5 Å². The molecule has 3 rings (SSSR count). The largest absolute Gasteiger partial charge is 0.497 e. The molecule has 1 N–H and O–H groups in total. The lowest BCUT2D eigenvalue weighted by molar-refractivity contribution is -0.114. The minimum absolute atomic E-state index is 0.104. The number of nitrogens with zero attached hydrogens (tertiary/aromatic N) is 1. The highest BCUT2D eigenvalue weighted by Crippen LogP contribution is 2.27. The van der Waals surface area contributed by atoms with Gasteiger partial charge in [-0.3, -0.25) is 9.10 Å². The van der Waals surface area contributed by atoms with E-state index < -0.39 is 39.8 Å². The van der Waals surface area contributed by atoms with Gasteiger partial charge in [0.1, 0.15) is 29.6 Å². The van der Waals surface area contributed by atoms with E-state index in [9.17, 15) is 22.0 Å². The van der Waals surface area contributed by atoms with Crippen LogP contribution in [0.3, 0.4) is 0 Å². The molecule has 0 aromatic heterocycles. The number of hydrogen-bond acceptors (Lipinski definition) is 4. The van der Waals surface area contributed by atoms with Gasteiger partial charge in [0.05, 0.1) is 17.7 Å². The predicted molar refractivity (Wildman–Crippen MR) is 114 cm³/mol. The van der Waals surface area contributed by atoms with Crippen molar-refractivity contribution in [3.05, 3.63) is 83.4 Å². The van der Waals surface area contributed by atoms with Crippen molar-refractivity contribution in [2.45, 2.75) is 4.90 Å². The molecule has 0 heterocycles. The van der Waals surface area contributed by atoms with Crippen molar-refractivity contribution in [3.63, 3.8) is 0 Å². The quantitative estimate of drug-likeness (QED) is 0.557. The summed E-state index contributed by atoms with van der Waals surface area (Å²) < 4.78 is 60.1. The smallest absolute Gasteiger partial charge is 0.264 e. The van der Waals surface area contributed by atoms with Crippen LogP contribution in [-0.4, -0.2) is 28.0 Å². The van der Waals surface area contributed by atoms with Gasteiger partial charge in [0.15, 0.2) is 0 Å². The van der Waals surface area contributed by atoms with Crippen LogP contribution >= 0.6 is 11.6 Å². The number of amides is 1. The molecular weight excluding hydrogens is 450 g/mol. The molecule has 0 fully saturated rings. The van der Waals surface area contributed by atoms with E-state index in [1.54, 1.807) is 0 Å². The second kappa shape index (κ2) is 9.32. The van der Waals surface area contributed by atoms with Gasteiger partial charge in [-0.15, -0.1) is 0 Å². The molecule has 3 aromatic rings. The lowest BCUT2D eigenvalue weighted by Gasteiger charge is -2.24. The first-order chi connectivity index (χ1) is 14.7. The third-order valence-corrected chi connectivity index (χ3v) is 6.32. The number of carbonyl (C=O) groups excluding carboxylic acids is 1. The van der Waals surface area contributed by atoms with Gasteiger partial charge >= 0.3 is 0 Å². The van der Waals surface area contributed by atoms with E-state index in [0.29, 0.717) is 10.8 Å². The van der Waals surface area contributed by atoms with Crippen LogP contribution in [-0.2, 0) is 14.8 Å². The molecule has 162 valence electrons. The molecule has 0 saturated heterocycles. The maximum absolute atomic E-state index is 13.9. The molecule has 0 radical (unpaired) electrons. The van der Waals surface area contributed by atoms with Crippen LogP contribution in [0.1, 0.15) is 0 Å². The number of sulfonamides is 1. The number of methoxy groups -OCH3 is 1. The van der Waals surface area contributed by atoms with Gasteiger partial charge in [-0.1, -0.05) is 17.7 Å². The zero-order valence-corrected chi connectivity index (χ0v) is 17.8. The Kier molecular flexibility index (Phi) is 6.77. The predicted octanol–water partition coefficient (Wildman–Crippen LogP) is 4.46. The standard InChI is InChI=1S/C21H17ClF2N2O4S/c1-30-16-9-11-17(12-10-16)31(28,29)26(15-7-5-14(22)6-8-15)13-20(27)25-21-18(23)3-2-4-19(21)24/h2-12H,13H2,1H3,(H,25,27). The first kappa shape index (κ1) is 22.5. The zero-order valence-electron chi connectivity index (χ0n) is 16.2. The lowest BCUT2D eigenvalue weighted by Crippen LogP contribution is -2.38. The van der Waals surface area contributed by atoms with E-state index in [2.05, 4.69) is 5.32 Å². The number of halogens is 3. The number of hydrogen-bond donors (Lipinski definition) is 1. The number of anilines is 2. The van der Waals surface area contributed by atoms with Crippen molar-refractivity contribution in [1.29, 1.82) is 0 Å². The molecule has 0 aliphatic carbocycles. The summed E-state index contributed by atoms with van der Waals surface area (Å²) in [5, 5.41) is 2.46. The van der Waals surface area contributed by atoms with Gasteiger partial charge < -0.3 is 10.1 Å². The molecule has 0 saturated carbocycles. The van der Waals surface area contributed by atoms with Crippen molar-refractivity contribution < 1.29 is 26.7 Å². The summed E-state index contributed by atoms with van der Waals surface area (Å²) in [7, 11) is -2.77. The van der Waals surface area contributed by atoms with Gasteiger partial charge in [0.25, 0.3) is 10.0 Å². The number of benzene rings is 3. The minimum Gasteiger partial charge on any atom is -0.497 e. The van der Waals surface area contributed by atoms with Crippen LogP contribution in [0.25, 0.3) is 0 Å². The highest BCUT2D eigenvalue weighted by Gasteiger charge is 2.28. The Labute approximate surface area is 183 Å². The van der Waals surface area contributed by atoms with Crippen molar-refractivity contribution in [2.75, 3.05) is 23.3 Å². The number of nitrogens with one attached hydrogen (secondary N) is 1. The maximum Gasteiger partial charge on any atom is 0.264 e. The molecule has 0 atom stereocenters. The van der Waals surface area contributed by atoms with Crippen LogP contribution in [0.4, 0.5) is 20.2 Å². The van der Waals surface area contributed by atoms with E-state index in [-0.39, 0.29) is 10.6 Å². The molecule has 31 heavy (non-hydrogen) atoms. The summed E-state index contributed by atoms with van der Waals surface area (Å²) in [6, 6.07) is 14.4. The van der Waals surface area contributed by atoms with Gasteiger partial charge in [0, 0.05) is 5.02 Å². The summed E-state index contributed by atoms with van der Waals surface area (Å²) in [4.78, 5) is 12.4. The van der Waals surface area contributed by atoms with Crippen molar-refractivity contribution in [1.82, 2.24) is 0 Å². The molecule has 0 spiro atoms. The molecule has 0 bridgehead atoms. The molecule has 6 nitrogen and oxygen atoms in total. The molecular formula is C21H17ClF2N2O4S. The van der Waals surface area contributed by atoms with Crippen LogP contribution in [0.2, 0.25) is 5.02 Å². The summed E-state index contributed by atoms with van der Waals surface area (Å²) in [5.41, 5.74) is -0.519. The second-order valence-electron chi connectivity index (χ2n) is 6.31. The van der Waals surface area contributed by atoms with E-state index in [4.69, 9.17) is 16.3 Å². The molecule has 0 unspecified atom stereocenters. The normalized spacial score (nSPS) is 11.1. The fourth-order valence-electron chi connectivity index (χ4n) is 2.72. The van der Waals surface area contributed by atoms with Crippen molar-refractivity contribution >= 4 is 38.9 Å². The number of ether oxygens (including phenoxy) is 1. The Morgan fingerprint density at radius 1 is 1.00 bits per heavy atom. The average Bonchev–Trinajstić information content (AvgIpc) is 2.75. The Balaban J connectivity index is 1.96. The molecule has 3 aromatic carbocycles. The van der Waals surface area contributed by atoms with Gasteiger partial charge in [-0.05, 0) is 60.7 Å². The average molecular weight is 467 g/mol. The monoisotopic (exact) mass is 466 g/mol. The van der Waals surface area contributed by atoms with Gasteiger partial charge in [-0.25, -0.2) is 17.2 Å². The molecule has 0 aliphatic heterocycles. The summed E-state index contributed by atoms with van der Waals surface area (Å²) >= 11 is 5.88. The SMILES string of the molecule is COc1ccc(S(=O)(=O)N(CC(=O)Nc2c(F)cccc2F)c2ccc(Cl)cc2)cc1. The second-order valence-corrected chi connectivity index (χ2v) is 8.61. The third kappa shape index (κ3) is 5.12. The van der Waals surface area contributed by atoms with Crippen LogP contribution in [0.15, 0.2) is 71.6 Å². The Morgan fingerprint density at radius 3 is 2.13 bits per heavy atom. The van der Waals surface area contributed by atoms with Crippen molar-refractivity contribution in [2.24, 2.45) is 0 Å². The zero-order chi connectivity index (χ0) is 22.6. The van der Waals surface area contributed by atoms with E-state index in [1.165, 1.54) is 55.6 Å². The minimum atomic E-state index is -4.21. The summed E-state index contributed by atoms with van der Waals surface area (Å²) in [6.45, 7) is -0.732. The fraction of sp³-hybridized carbons (Fsp3) is 0.0952. The van der Waals surface area contributed by atoms with Crippen LogP contribution in [0.5, 0.6) is 5.75 Å². The summed E-state index contributed by atoms with van der Waals surface area (Å²) in [5.74, 6) is -2.45. The van der Waals surface area contributed by atoms with E-state index in [1.807, 2.05) is 0 Å². The maximum atomic E-state index is 13.9. The highest BCUT2D eigenvalue weighted by molar-refractivity contribution is 7.92. The third-order valence-electron chi connectivity index (χ3n) is 4.28. The topological polar surface area (TPSA) is 75.7 Å². The van der Waals surface area contributed by atoms with Gasteiger partial charge in [0.2, 0.25) is 5.91 Å².